The average molecular weight is 400 g/mol. The zero-order valence-corrected chi connectivity index (χ0v) is 15.2. The molecule has 29 heavy (non-hydrogen) atoms. The van der Waals surface area contributed by atoms with E-state index in [-0.39, 0.29) is 5.56 Å². The lowest BCUT2D eigenvalue weighted by atomic mass is 10.1. The number of aromatic nitrogens is 6. The van der Waals surface area contributed by atoms with Crippen LogP contribution in [0.1, 0.15) is 5.56 Å². The molecular formula is C19H15F3N6O. The van der Waals surface area contributed by atoms with Crippen molar-refractivity contribution >= 4 is 0 Å². The minimum atomic E-state index is -4.24. The second-order valence-electron chi connectivity index (χ2n) is 6.25. The van der Waals surface area contributed by atoms with Crippen LogP contribution >= 0.6 is 0 Å². The van der Waals surface area contributed by atoms with Gasteiger partial charge in [0.25, 0.3) is 0 Å². The van der Waals surface area contributed by atoms with Crippen LogP contribution < -0.4 is 4.74 Å². The zero-order chi connectivity index (χ0) is 20.4. The first kappa shape index (κ1) is 18.7. The molecule has 0 aliphatic heterocycles. The molecule has 0 saturated carbocycles. The number of ether oxygens (including phenoxy) is 1. The zero-order valence-electron chi connectivity index (χ0n) is 15.2. The molecule has 10 heteroatoms. The number of benzene rings is 2. The highest BCUT2D eigenvalue weighted by Crippen LogP contribution is 2.28. The molecule has 2 heterocycles. The van der Waals surface area contributed by atoms with Gasteiger partial charge in [0.15, 0.2) is 0 Å². The first-order valence-electron chi connectivity index (χ1n) is 8.55. The third kappa shape index (κ3) is 4.10. The van der Waals surface area contributed by atoms with Crippen LogP contribution in [0.25, 0.3) is 22.8 Å². The molecular weight excluding hydrogens is 385 g/mol. The standard InChI is InChI=1S/C19H15F3N6O/c1-29-17-9-15(8-16(10-17)28-12-24-25-26-28)27-7-6-23-18(27)14-4-2-13(3-5-14)11-19(20,21)22/h2-10,12H,11H2,1H3. The monoisotopic (exact) mass is 400 g/mol. The SMILES string of the molecule is COc1cc(-n2cnnn2)cc(-n2ccnc2-c2ccc(CC(F)(F)F)cc2)c1. The lowest BCUT2D eigenvalue weighted by molar-refractivity contribution is -0.127. The molecule has 0 spiro atoms. The number of methoxy groups -OCH3 is 1. The van der Waals surface area contributed by atoms with Gasteiger partial charge in [0.2, 0.25) is 0 Å². The number of imidazole rings is 1. The van der Waals surface area contributed by atoms with Crippen molar-refractivity contribution in [2.75, 3.05) is 7.11 Å². The Morgan fingerprint density at radius 1 is 1.03 bits per heavy atom. The fraction of sp³-hybridized carbons (Fsp3) is 0.158. The molecule has 0 N–H and O–H groups in total. The third-order valence-electron chi connectivity index (χ3n) is 4.26. The Morgan fingerprint density at radius 2 is 1.79 bits per heavy atom. The Kier molecular flexibility index (Phi) is 4.75. The molecule has 4 aromatic rings. The largest absolute Gasteiger partial charge is 0.497 e. The van der Waals surface area contributed by atoms with E-state index >= 15 is 0 Å². The van der Waals surface area contributed by atoms with Gasteiger partial charge in [-0.2, -0.15) is 13.2 Å². The summed E-state index contributed by atoms with van der Waals surface area (Å²) in [6.07, 6.45) is -0.362. The van der Waals surface area contributed by atoms with Crippen LogP contribution in [-0.4, -0.2) is 43.0 Å². The first-order valence-corrected chi connectivity index (χ1v) is 8.55. The summed E-state index contributed by atoms with van der Waals surface area (Å²) in [5.41, 5.74) is 2.31. The highest BCUT2D eigenvalue weighted by Gasteiger charge is 2.27. The molecule has 4 rings (SSSR count). The fourth-order valence-corrected chi connectivity index (χ4v) is 2.97. The van der Waals surface area contributed by atoms with Crippen LogP contribution in [0.4, 0.5) is 13.2 Å². The second kappa shape index (κ2) is 7.38. The van der Waals surface area contributed by atoms with Gasteiger partial charge in [0.05, 0.1) is 24.9 Å². The lowest BCUT2D eigenvalue weighted by Gasteiger charge is -2.12. The van der Waals surface area contributed by atoms with E-state index in [2.05, 4.69) is 20.5 Å². The van der Waals surface area contributed by atoms with Crippen LogP contribution in [0.2, 0.25) is 0 Å². The van der Waals surface area contributed by atoms with E-state index in [1.165, 1.54) is 23.1 Å². The summed E-state index contributed by atoms with van der Waals surface area (Å²) in [5, 5.41) is 11.2. The number of nitrogens with zero attached hydrogens (tertiary/aromatic N) is 6. The van der Waals surface area contributed by atoms with Crippen LogP contribution in [0.3, 0.4) is 0 Å². The number of tetrazole rings is 1. The van der Waals surface area contributed by atoms with Crippen molar-refractivity contribution in [3.8, 4) is 28.5 Å². The molecule has 0 radical (unpaired) electrons. The summed E-state index contributed by atoms with van der Waals surface area (Å²) >= 11 is 0. The van der Waals surface area contributed by atoms with Crippen molar-refractivity contribution in [2.24, 2.45) is 0 Å². The van der Waals surface area contributed by atoms with E-state index < -0.39 is 12.6 Å². The Bertz CT molecular complexity index is 1100. The van der Waals surface area contributed by atoms with Gasteiger partial charge in [-0.3, -0.25) is 4.57 Å². The van der Waals surface area contributed by atoms with Gasteiger partial charge in [0.1, 0.15) is 17.9 Å². The van der Waals surface area contributed by atoms with Crippen molar-refractivity contribution in [3.63, 3.8) is 0 Å². The van der Waals surface area contributed by atoms with Crippen LogP contribution in [0.5, 0.6) is 5.75 Å². The van der Waals surface area contributed by atoms with Crippen LogP contribution in [0, 0.1) is 0 Å². The number of hydrogen-bond donors (Lipinski definition) is 0. The molecule has 0 fully saturated rings. The molecule has 148 valence electrons. The van der Waals surface area contributed by atoms with Crippen molar-refractivity contribution in [1.82, 2.24) is 29.8 Å². The second-order valence-corrected chi connectivity index (χ2v) is 6.25. The third-order valence-corrected chi connectivity index (χ3v) is 4.26. The van der Waals surface area contributed by atoms with Gasteiger partial charge in [0, 0.05) is 30.1 Å². The highest BCUT2D eigenvalue weighted by atomic mass is 19.4. The molecule has 0 atom stereocenters. The predicted octanol–water partition coefficient (Wildman–Crippen LogP) is 3.63. The molecule has 0 saturated heterocycles. The van der Waals surface area contributed by atoms with Crippen molar-refractivity contribution in [1.29, 1.82) is 0 Å². The molecule has 7 nitrogen and oxygen atoms in total. The summed E-state index contributed by atoms with van der Waals surface area (Å²) < 4.78 is 46.4. The van der Waals surface area contributed by atoms with Gasteiger partial charge in [-0.25, -0.2) is 9.67 Å². The molecule has 0 aliphatic rings. The maximum absolute atomic E-state index is 12.6. The maximum Gasteiger partial charge on any atom is 0.393 e. The van der Waals surface area contributed by atoms with Gasteiger partial charge < -0.3 is 4.74 Å². The van der Waals surface area contributed by atoms with Gasteiger partial charge in [-0.15, -0.1) is 5.10 Å². The molecule has 0 unspecified atom stereocenters. The maximum atomic E-state index is 12.6. The molecule has 0 bridgehead atoms. The predicted molar refractivity (Wildman–Crippen MR) is 98.0 cm³/mol. The lowest BCUT2D eigenvalue weighted by Crippen LogP contribution is -2.11. The molecule has 0 amide bonds. The van der Waals surface area contributed by atoms with Crippen molar-refractivity contribution in [2.45, 2.75) is 12.6 Å². The number of hydrogen-bond acceptors (Lipinski definition) is 5. The minimum Gasteiger partial charge on any atom is -0.497 e. The summed E-state index contributed by atoms with van der Waals surface area (Å²) in [5.74, 6) is 1.17. The summed E-state index contributed by atoms with van der Waals surface area (Å²) in [6.45, 7) is 0. The molecule has 2 aromatic carbocycles. The van der Waals surface area contributed by atoms with E-state index in [1.807, 2.05) is 16.7 Å². The quantitative estimate of drug-likeness (QED) is 0.512. The highest BCUT2D eigenvalue weighted by molar-refractivity contribution is 5.61. The van der Waals surface area contributed by atoms with E-state index in [0.717, 1.165) is 5.69 Å². The van der Waals surface area contributed by atoms with Crippen molar-refractivity contribution in [3.05, 3.63) is 66.7 Å². The van der Waals surface area contributed by atoms with Crippen LogP contribution in [0.15, 0.2) is 61.2 Å². The number of alkyl halides is 3. The fourth-order valence-electron chi connectivity index (χ4n) is 2.97. The summed E-state index contributed by atoms with van der Waals surface area (Å²) in [6, 6.07) is 11.6. The molecule has 2 aromatic heterocycles. The van der Waals surface area contributed by atoms with E-state index in [1.54, 1.807) is 37.7 Å². The summed E-state index contributed by atoms with van der Waals surface area (Å²) in [7, 11) is 1.55. The normalized spacial score (nSPS) is 11.6. The minimum absolute atomic E-state index is 0.196. The Morgan fingerprint density at radius 3 is 2.45 bits per heavy atom. The van der Waals surface area contributed by atoms with Gasteiger partial charge in [-0.05, 0) is 22.1 Å². The molecule has 0 aliphatic carbocycles. The Balaban J connectivity index is 1.72. The van der Waals surface area contributed by atoms with E-state index in [9.17, 15) is 13.2 Å². The van der Waals surface area contributed by atoms with E-state index in [0.29, 0.717) is 22.8 Å². The Hall–Kier alpha value is -3.69. The Labute approximate surface area is 163 Å². The summed E-state index contributed by atoms with van der Waals surface area (Å²) in [4.78, 5) is 4.37. The van der Waals surface area contributed by atoms with Crippen molar-refractivity contribution < 1.29 is 17.9 Å². The smallest absolute Gasteiger partial charge is 0.393 e. The van der Waals surface area contributed by atoms with Crippen LogP contribution in [-0.2, 0) is 6.42 Å². The number of halogens is 3. The topological polar surface area (TPSA) is 70.7 Å². The average Bonchev–Trinajstić information content (AvgIpc) is 3.39. The van der Waals surface area contributed by atoms with Gasteiger partial charge in [-0.1, -0.05) is 24.3 Å². The van der Waals surface area contributed by atoms with E-state index in [4.69, 9.17) is 4.74 Å². The van der Waals surface area contributed by atoms with Gasteiger partial charge >= 0.3 is 6.18 Å². The number of rotatable bonds is 5. The first-order chi connectivity index (χ1) is 13.9.